The van der Waals surface area contributed by atoms with Gasteiger partial charge in [0, 0.05) is 18.2 Å². The number of nitro benzene ring substituents is 1. The van der Waals surface area contributed by atoms with Crippen LogP contribution in [0.25, 0.3) is 5.69 Å². The van der Waals surface area contributed by atoms with Crippen LogP contribution in [0, 0.1) is 17.0 Å². The number of aryl methyl sites for hydroxylation is 1. The van der Waals surface area contributed by atoms with Gasteiger partial charge in [0.1, 0.15) is 5.82 Å². The Hall–Kier alpha value is -3.88. The Balaban J connectivity index is 1.72. The third kappa shape index (κ3) is 4.26. The van der Waals surface area contributed by atoms with E-state index in [9.17, 15) is 14.9 Å². The number of hydrogen-bond acceptors (Lipinski definition) is 6. The second-order valence-corrected chi connectivity index (χ2v) is 5.84. The van der Waals surface area contributed by atoms with Gasteiger partial charge < -0.3 is 14.8 Å². The van der Waals surface area contributed by atoms with Crippen LogP contribution in [0.5, 0.6) is 11.5 Å². The average molecular weight is 382 g/mol. The highest BCUT2D eigenvalue weighted by atomic mass is 16.6. The van der Waals surface area contributed by atoms with Gasteiger partial charge in [-0.25, -0.2) is 4.68 Å². The number of hydrogen-bond donors (Lipinski definition) is 1. The molecule has 0 radical (unpaired) electrons. The zero-order valence-electron chi connectivity index (χ0n) is 15.3. The Morgan fingerprint density at radius 3 is 2.50 bits per heavy atom. The van der Waals surface area contributed by atoms with Crippen LogP contribution in [0.4, 0.5) is 11.5 Å². The van der Waals surface area contributed by atoms with Crippen molar-refractivity contribution in [1.82, 2.24) is 9.78 Å². The van der Waals surface area contributed by atoms with Crippen molar-refractivity contribution in [3.63, 3.8) is 0 Å². The summed E-state index contributed by atoms with van der Waals surface area (Å²) in [6.45, 7) is 1.56. The van der Waals surface area contributed by atoms with Crippen LogP contribution in [0.15, 0.2) is 54.6 Å². The Bertz CT molecular complexity index is 998. The zero-order valence-corrected chi connectivity index (χ0v) is 15.3. The van der Waals surface area contributed by atoms with Crippen LogP contribution in [-0.2, 0) is 4.79 Å². The van der Waals surface area contributed by atoms with Gasteiger partial charge in [-0.2, -0.15) is 5.10 Å². The largest absolute Gasteiger partial charge is 0.493 e. The molecule has 2 aromatic carbocycles. The van der Waals surface area contributed by atoms with Gasteiger partial charge in [-0.1, -0.05) is 12.1 Å². The summed E-state index contributed by atoms with van der Waals surface area (Å²) in [5.41, 5.74) is 1.24. The summed E-state index contributed by atoms with van der Waals surface area (Å²) in [6, 6.07) is 14.6. The fraction of sp³-hybridized carbons (Fsp3) is 0.158. The Kier molecular flexibility index (Phi) is 5.54. The van der Waals surface area contributed by atoms with Crippen LogP contribution in [-0.4, -0.2) is 34.3 Å². The summed E-state index contributed by atoms with van der Waals surface area (Å²) in [5, 5.41) is 17.9. The fourth-order valence-electron chi connectivity index (χ4n) is 2.56. The number of amides is 1. The molecule has 0 aliphatic carbocycles. The maximum Gasteiger partial charge on any atom is 0.269 e. The van der Waals surface area contributed by atoms with E-state index in [-0.39, 0.29) is 18.2 Å². The number of anilines is 1. The second-order valence-electron chi connectivity index (χ2n) is 5.84. The monoisotopic (exact) mass is 382 g/mol. The summed E-state index contributed by atoms with van der Waals surface area (Å²) >= 11 is 0. The first kappa shape index (κ1) is 18.9. The van der Waals surface area contributed by atoms with E-state index in [4.69, 9.17) is 9.47 Å². The molecule has 9 heteroatoms. The second kappa shape index (κ2) is 8.21. The van der Waals surface area contributed by atoms with E-state index in [0.29, 0.717) is 28.7 Å². The van der Waals surface area contributed by atoms with Crippen molar-refractivity contribution in [2.24, 2.45) is 0 Å². The van der Waals surface area contributed by atoms with Crippen molar-refractivity contribution in [1.29, 1.82) is 0 Å². The molecule has 0 saturated carbocycles. The highest BCUT2D eigenvalue weighted by Crippen LogP contribution is 2.26. The van der Waals surface area contributed by atoms with E-state index in [1.165, 1.54) is 23.9 Å². The molecule has 1 heterocycles. The molecule has 0 aliphatic rings. The minimum absolute atomic E-state index is 0.0246. The lowest BCUT2D eigenvalue weighted by molar-refractivity contribution is -0.384. The number of carbonyl (C=O) groups excluding carboxylic acids is 1. The van der Waals surface area contributed by atoms with Gasteiger partial charge in [0.15, 0.2) is 18.1 Å². The summed E-state index contributed by atoms with van der Waals surface area (Å²) in [5.74, 6) is 1.04. The van der Waals surface area contributed by atoms with E-state index in [1.807, 2.05) is 0 Å². The normalized spacial score (nSPS) is 10.4. The predicted molar refractivity (Wildman–Crippen MR) is 102 cm³/mol. The molecule has 144 valence electrons. The average Bonchev–Trinajstić information content (AvgIpc) is 3.06. The fourth-order valence-corrected chi connectivity index (χ4v) is 2.56. The van der Waals surface area contributed by atoms with Gasteiger partial charge in [-0.05, 0) is 31.2 Å². The number of nitrogens with zero attached hydrogens (tertiary/aromatic N) is 3. The summed E-state index contributed by atoms with van der Waals surface area (Å²) in [4.78, 5) is 22.6. The number of rotatable bonds is 7. The van der Waals surface area contributed by atoms with Crippen molar-refractivity contribution in [3.05, 3.63) is 70.4 Å². The van der Waals surface area contributed by atoms with Crippen molar-refractivity contribution in [2.45, 2.75) is 6.92 Å². The van der Waals surface area contributed by atoms with Gasteiger partial charge in [0.2, 0.25) is 0 Å². The highest BCUT2D eigenvalue weighted by molar-refractivity contribution is 5.91. The number of ether oxygens (including phenoxy) is 2. The lowest BCUT2D eigenvalue weighted by atomic mass is 10.3. The lowest BCUT2D eigenvalue weighted by Gasteiger charge is -2.11. The van der Waals surface area contributed by atoms with Crippen molar-refractivity contribution >= 4 is 17.4 Å². The molecule has 0 aliphatic heterocycles. The maximum absolute atomic E-state index is 12.3. The number of aromatic nitrogens is 2. The van der Waals surface area contributed by atoms with Crippen LogP contribution in [0.3, 0.4) is 0 Å². The molecule has 9 nitrogen and oxygen atoms in total. The van der Waals surface area contributed by atoms with E-state index >= 15 is 0 Å². The lowest BCUT2D eigenvalue weighted by Crippen LogP contribution is -2.22. The van der Waals surface area contributed by atoms with E-state index in [1.54, 1.807) is 49.4 Å². The zero-order chi connectivity index (χ0) is 20.1. The minimum atomic E-state index is -0.476. The van der Waals surface area contributed by atoms with Crippen LogP contribution in [0.2, 0.25) is 0 Å². The SMILES string of the molecule is COc1ccccc1OCC(=O)Nc1cc(C)nn1-c1ccc([N+](=O)[O-])cc1. The third-order valence-electron chi connectivity index (χ3n) is 3.83. The number of methoxy groups -OCH3 is 1. The van der Waals surface area contributed by atoms with Gasteiger partial charge in [0.25, 0.3) is 11.6 Å². The summed E-state index contributed by atoms with van der Waals surface area (Å²) in [6.07, 6.45) is 0. The topological polar surface area (TPSA) is 109 Å². The van der Waals surface area contributed by atoms with Crippen LogP contribution >= 0.6 is 0 Å². The van der Waals surface area contributed by atoms with Crippen molar-refractivity contribution in [2.75, 3.05) is 19.0 Å². The quantitative estimate of drug-likeness (QED) is 0.497. The summed E-state index contributed by atoms with van der Waals surface area (Å²) in [7, 11) is 1.52. The number of nitro groups is 1. The molecule has 1 N–H and O–H groups in total. The van der Waals surface area contributed by atoms with Gasteiger partial charge in [-0.15, -0.1) is 0 Å². The molecule has 3 aromatic rings. The van der Waals surface area contributed by atoms with Crippen LogP contribution < -0.4 is 14.8 Å². The smallest absolute Gasteiger partial charge is 0.269 e. The van der Waals surface area contributed by atoms with Crippen molar-refractivity contribution in [3.8, 4) is 17.2 Å². The Labute approximate surface area is 160 Å². The molecule has 1 aromatic heterocycles. The first-order valence-corrected chi connectivity index (χ1v) is 8.35. The Morgan fingerprint density at radius 1 is 1.18 bits per heavy atom. The minimum Gasteiger partial charge on any atom is -0.493 e. The van der Waals surface area contributed by atoms with E-state index in [0.717, 1.165) is 0 Å². The first-order chi connectivity index (χ1) is 13.5. The molecular weight excluding hydrogens is 364 g/mol. The number of benzene rings is 2. The number of non-ortho nitro benzene ring substituents is 1. The first-order valence-electron chi connectivity index (χ1n) is 8.35. The molecule has 1 amide bonds. The number of para-hydroxylation sites is 2. The highest BCUT2D eigenvalue weighted by Gasteiger charge is 2.13. The summed E-state index contributed by atoms with van der Waals surface area (Å²) < 4.78 is 12.2. The number of nitrogens with one attached hydrogen (secondary N) is 1. The van der Waals surface area contributed by atoms with Gasteiger partial charge in [-0.3, -0.25) is 14.9 Å². The van der Waals surface area contributed by atoms with Gasteiger partial charge in [0.05, 0.1) is 23.4 Å². The molecule has 0 spiro atoms. The molecule has 0 fully saturated rings. The van der Waals surface area contributed by atoms with Gasteiger partial charge >= 0.3 is 0 Å². The standard InChI is InChI=1S/C19H18N4O5/c1-13-11-18(22(21-13)14-7-9-15(10-8-14)23(25)26)20-19(24)12-28-17-6-4-3-5-16(17)27-2/h3-11H,12H2,1-2H3,(H,20,24). The van der Waals surface area contributed by atoms with E-state index < -0.39 is 4.92 Å². The molecule has 3 rings (SSSR count). The Morgan fingerprint density at radius 2 is 1.86 bits per heavy atom. The third-order valence-corrected chi connectivity index (χ3v) is 3.83. The molecule has 0 saturated heterocycles. The van der Waals surface area contributed by atoms with Crippen LogP contribution in [0.1, 0.15) is 5.69 Å². The van der Waals surface area contributed by atoms with E-state index in [2.05, 4.69) is 10.4 Å². The molecular formula is C19H18N4O5. The molecule has 0 atom stereocenters. The maximum atomic E-state index is 12.3. The van der Waals surface area contributed by atoms with Crippen molar-refractivity contribution < 1.29 is 19.2 Å². The molecule has 0 bridgehead atoms. The molecule has 0 unspecified atom stereocenters. The predicted octanol–water partition coefficient (Wildman–Crippen LogP) is 3.12. The molecule has 28 heavy (non-hydrogen) atoms. The number of carbonyl (C=O) groups is 1.